The Morgan fingerprint density at radius 1 is 1.25 bits per heavy atom. The molecule has 0 spiro atoms. The number of sulfonamides is 1. The summed E-state index contributed by atoms with van der Waals surface area (Å²) in [5, 5.41) is 9.75. The number of aliphatic hydroxyl groups excluding tert-OH is 1. The summed E-state index contributed by atoms with van der Waals surface area (Å²) in [4.78, 5) is -0.245. The summed E-state index contributed by atoms with van der Waals surface area (Å²) in [6.07, 6.45) is 1.94. The highest BCUT2D eigenvalue weighted by atomic mass is 32.2. The molecule has 2 unspecified atom stereocenters. The zero-order chi connectivity index (χ0) is 14.5. The van der Waals surface area contributed by atoms with Crippen molar-refractivity contribution in [1.29, 1.82) is 0 Å². The van der Waals surface area contributed by atoms with Gasteiger partial charge >= 0.3 is 0 Å². The smallest absolute Gasteiger partial charge is 0.246 e. The normalized spacial score (nSPS) is 30.6. The second-order valence-corrected chi connectivity index (χ2v) is 7.59. The van der Waals surface area contributed by atoms with Gasteiger partial charge in [0.1, 0.15) is 10.7 Å². The van der Waals surface area contributed by atoms with Gasteiger partial charge in [0.2, 0.25) is 10.0 Å². The van der Waals surface area contributed by atoms with Crippen molar-refractivity contribution in [2.75, 3.05) is 0 Å². The zero-order valence-corrected chi connectivity index (χ0v) is 12.1. The van der Waals surface area contributed by atoms with E-state index in [9.17, 15) is 17.9 Å². The number of nitrogens with zero attached hydrogens (tertiary/aromatic N) is 1. The molecule has 0 aliphatic carbocycles. The molecule has 0 aromatic heterocycles. The van der Waals surface area contributed by atoms with Crippen molar-refractivity contribution in [3.05, 3.63) is 29.6 Å². The lowest BCUT2D eigenvalue weighted by Crippen LogP contribution is -2.48. The summed E-state index contributed by atoms with van der Waals surface area (Å²) in [5.41, 5.74) is 0.717. The number of aliphatic hydroxyl groups is 1. The summed E-state index contributed by atoms with van der Waals surface area (Å²) in [6.45, 7) is 1.74. The predicted molar refractivity (Wildman–Crippen MR) is 72.2 cm³/mol. The predicted octanol–water partition coefficient (Wildman–Crippen LogP) is 1.81. The fourth-order valence-corrected chi connectivity index (χ4v) is 5.46. The minimum atomic E-state index is -3.83. The van der Waals surface area contributed by atoms with Gasteiger partial charge in [-0.25, -0.2) is 12.8 Å². The topological polar surface area (TPSA) is 57.6 Å². The van der Waals surface area contributed by atoms with Crippen LogP contribution in [0.15, 0.2) is 23.1 Å². The number of rotatable bonds is 2. The summed E-state index contributed by atoms with van der Waals surface area (Å²) >= 11 is 0. The van der Waals surface area contributed by atoms with Crippen LogP contribution in [0.2, 0.25) is 0 Å². The Balaban J connectivity index is 2.03. The van der Waals surface area contributed by atoms with Gasteiger partial charge in [0.25, 0.3) is 0 Å². The molecule has 20 heavy (non-hydrogen) atoms. The van der Waals surface area contributed by atoms with Gasteiger partial charge in [0, 0.05) is 12.1 Å². The van der Waals surface area contributed by atoms with E-state index in [2.05, 4.69) is 0 Å². The average molecular weight is 299 g/mol. The fourth-order valence-electron chi connectivity index (χ4n) is 3.42. The molecule has 6 heteroatoms. The Hall–Kier alpha value is -0.980. The lowest BCUT2D eigenvalue weighted by Gasteiger charge is -2.36. The van der Waals surface area contributed by atoms with Crippen molar-refractivity contribution in [2.45, 2.75) is 55.7 Å². The highest BCUT2D eigenvalue weighted by Crippen LogP contribution is 2.40. The first-order chi connectivity index (χ1) is 9.39. The van der Waals surface area contributed by atoms with Crippen molar-refractivity contribution < 1.29 is 17.9 Å². The Morgan fingerprint density at radius 3 is 2.45 bits per heavy atom. The van der Waals surface area contributed by atoms with Crippen LogP contribution < -0.4 is 0 Å². The van der Waals surface area contributed by atoms with E-state index >= 15 is 0 Å². The minimum absolute atomic E-state index is 0.200. The maximum Gasteiger partial charge on any atom is 0.246 e. The number of halogens is 1. The molecule has 2 heterocycles. The molecule has 1 aromatic rings. The summed E-state index contributed by atoms with van der Waals surface area (Å²) in [6, 6.07) is 3.74. The number of benzene rings is 1. The minimum Gasteiger partial charge on any atom is -0.393 e. The van der Waals surface area contributed by atoms with Crippen LogP contribution in [0.4, 0.5) is 4.39 Å². The molecule has 2 saturated heterocycles. The lowest BCUT2D eigenvalue weighted by molar-refractivity contribution is 0.0768. The van der Waals surface area contributed by atoms with Gasteiger partial charge in [-0.05, 0) is 50.3 Å². The monoisotopic (exact) mass is 299 g/mol. The third-order valence-corrected chi connectivity index (χ3v) is 6.30. The van der Waals surface area contributed by atoms with Gasteiger partial charge in [-0.2, -0.15) is 4.31 Å². The van der Waals surface area contributed by atoms with Crippen LogP contribution in [-0.2, 0) is 10.0 Å². The average Bonchev–Trinajstić information content (AvgIpc) is 2.66. The van der Waals surface area contributed by atoms with Crippen molar-refractivity contribution in [2.24, 2.45) is 0 Å². The summed E-state index contributed by atoms with van der Waals surface area (Å²) < 4.78 is 40.8. The van der Waals surface area contributed by atoms with Crippen LogP contribution in [0.1, 0.15) is 31.2 Å². The molecule has 0 saturated carbocycles. The van der Waals surface area contributed by atoms with Crippen LogP contribution >= 0.6 is 0 Å². The third-order valence-electron chi connectivity index (χ3n) is 4.28. The second-order valence-electron chi connectivity index (χ2n) is 5.78. The van der Waals surface area contributed by atoms with Crippen LogP contribution in [0, 0.1) is 12.7 Å². The Labute approximate surface area is 118 Å². The van der Waals surface area contributed by atoms with Crippen LogP contribution in [0.25, 0.3) is 0 Å². The van der Waals surface area contributed by atoms with Crippen molar-refractivity contribution in [3.8, 4) is 0 Å². The van der Waals surface area contributed by atoms with E-state index in [1.807, 2.05) is 0 Å². The van der Waals surface area contributed by atoms with Gasteiger partial charge < -0.3 is 5.11 Å². The number of aryl methyl sites for hydroxylation is 1. The Bertz CT molecular complexity index is 617. The van der Waals surface area contributed by atoms with E-state index < -0.39 is 21.9 Å². The van der Waals surface area contributed by atoms with Gasteiger partial charge in [-0.15, -0.1) is 0 Å². The van der Waals surface area contributed by atoms with Crippen molar-refractivity contribution in [1.82, 2.24) is 4.31 Å². The van der Waals surface area contributed by atoms with Crippen molar-refractivity contribution >= 4 is 10.0 Å². The molecule has 2 aliphatic rings. The molecule has 2 fully saturated rings. The summed E-state index contributed by atoms with van der Waals surface area (Å²) in [7, 11) is -3.83. The molecule has 0 amide bonds. The number of piperidine rings is 1. The van der Waals surface area contributed by atoms with Gasteiger partial charge in [-0.1, -0.05) is 6.07 Å². The molecule has 1 N–H and O–H groups in total. The zero-order valence-electron chi connectivity index (χ0n) is 11.3. The molecular weight excluding hydrogens is 281 g/mol. The first kappa shape index (κ1) is 14.0. The largest absolute Gasteiger partial charge is 0.393 e. The molecular formula is C14H18FNO3S. The maximum atomic E-state index is 13.9. The van der Waals surface area contributed by atoms with Gasteiger partial charge in [0.05, 0.1) is 6.10 Å². The lowest BCUT2D eigenvalue weighted by atomic mass is 10.0. The quantitative estimate of drug-likeness (QED) is 0.906. The molecule has 0 radical (unpaired) electrons. The standard InChI is InChI=1S/C14H18FNO3S/c1-9-2-5-13(15)14(6-9)20(18,19)16-10-3-4-11(16)8-12(17)7-10/h2,5-6,10-12,17H,3-4,7-8H2,1H3. The number of hydrogen-bond acceptors (Lipinski definition) is 3. The van der Waals surface area contributed by atoms with E-state index in [0.29, 0.717) is 12.8 Å². The van der Waals surface area contributed by atoms with Gasteiger partial charge in [-0.3, -0.25) is 0 Å². The highest BCUT2D eigenvalue weighted by molar-refractivity contribution is 7.89. The van der Waals surface area contributed by atoms with Crippen LogP contribution in [-0.4, -0.2) is 36.0 Å². The highest BCUT2D eigenvalue weighted by Gasteiger charge is 2.47. The van der Waals surface area contributed by atoms with E-state index in [1.165, 1.54) is 16.4 Å². The number of fused-ring (bicyclic) bond motifs is 2. The SMILES string of the molecule is Cc1ccc(F)c(S(=O)(=O)N2C3CCC2CC(O)C3)c1. The first-order valence-electron chi connectivity index (χ1n) is 6.87. The molecule has 2 atom stereocenters. The van der Waals surface area contributed by atoms with E-state index in [-0.39, 0.29) is 17.0 Å². The fraction of sp³-hybridized carbons (Fsp3) is 0.571. The van der Waals surface area contributed by atoms with Crippen LogP contribution in [0.5, 0.6) is 0 Å². The molecule has 3 rings (SSSR count). The molecule has 2 aliphatic heterocycles. The molecule has 2 bridgehead atoms. The second kappa shape index (κ2) is 4.79. The van der Waals surface area contributed by atoms with E-state index in [4.69, 9.17) is 0 Å². The van der Waals surface area contributed by atoms with Crippen LogP contribution in [0.3, 0.4) is 0 Å². The Morgan fingerprint density at radius 2 is 1.85 bits per heavy atom. The molecule has 110 valence electrons. The van der Waals surface area contributed by atoms with Gasteiger partial charge in [0.15, 0.2) is 0 Å². The Kier molecular flexibility index (Phi) is 3.35. The maximum absolute atomic E-state index is 13.9. The first-order valence-corrected chi connectivity index (χ1v) is 8.31. The van der Waals surface area contributed by atoms with E-state index in [0.717, 1.165) is 18.4 Å². The third kappa shape index (κ3) is 2.16. The molecule has 4 nitrogen and oxygen atoms in total. The summed E-state index contributed by atoms with van der Waals surface area (Å²) in [5.74, 6) is -0.707. The van der Waals surface area contributed by atoms with E-state index in [1.54, 1.807) is 13.0 Å². The molecule has 1 aromatic carbocycles. The van der Waals surface area contributed by atoms with Crippen molar-refractivity contribution in [3.63, 3.8) is 0 Å². The number of hydrogen-bond donors (Lipinski definition) is 1.